The van der Waals surface area contributed by atoms with Gasteiger partial charge in [0.1, 0.15) is 5.03 Å². The van der Waals surface area contributed by atoms with Crippen molar-refractivity contribution in [3.05, 3.63) is 12.0 Å². The van der Waals surface area contributed by atoms with Crippen LogP contribution in [-0.4, -0.2) is 29.4 Å². The number of ether oxygens (including phenoxy) is 1. The zero-order valence-electron chi connectivity index (χ0n) is 7.16. The molecule has 0 aliphatic carbocycles. The van der Waals surface area contributed by atoms with Crippen LogP contribution in [0.25, 0.3) is 0 Å². The fourth-order valence-corrected chi connectivity index (χ4v) is 1.48. The number of methoxy groups -OCH3 is 1. The van der Waals surface area contributed by atoms with Gasteiger partial charge in [0.05, 0.1) is 12.8 Å². The molecule has 0 bridgehead atoms. The predicted octanol–water partition coefficient (Wildman–Crippen LogP) is 0.936. The average Bonchev–Trinajstić information content (AvgIpc) is 2.11. The average molecular weight is 203 g/mol. The van der Waals surface area contributed by atoms with Gasteiger partial charge in [-0.3, -0.25) is 0 Å². The first-order chi connectivity index (χ1) is 6.24. The minimum absolute atomic E-state index is 0.0846. The molecule has 0 aliphatic heterocycles. The van der Waals surface area contributed by atoms with Crippen molar-refractivity contribution in [1.29, 1.82) is 0 Å². The maximum atomic E-state index is 13.0. The number of anilines is 1. The molecule has 1 rings (SSSR count). The summed E-state index contributed by atoms with van der Waals surface area (Å²) in [5.41, 5.74) is 5.30. The maximum Gasteiger partial charge on any atom is 0.221 e. The Morgan fingerprint density at radius 1 is 1.69 bits per heavy atom. The topological polar surface area (TPSA) is 61.0 Å². The molecule has 2 N–H and O–H groups in total. The molecular weight excluding hydrogens is 193 g/mol. The first-order valence-corrected chi connectivity index (χ1v) is 4.62. The Labute approximate surface area is 79.7 Å². The summed E-state index contributed by atoms with van der Waals surface area (Å²) in [5.74, 6) is 0.278. The Kier molecular flexibility index (Phi) is 3.91. The fraction of sp³-hybridized carbons (Fsp3) is 0.429. The standard InChI is InChI=1S/C7H10FN3OS/c1-12-2-3-13-6-5(8)4-10-7(9)11-6/h4H,2-3H2,1H3,(H2,9,10,11). The number of hydrogen-bond donors (Lipinski definition) is 1. The number of thioether (sulfide) groups is 1. The second-order valence-electron chi connectivity index (χ2n) is 2.22. The number of hydrogen-bond acceptors (Lipinski definition) is 5. The van der Waals surface area contributed by atoms with Crippen LogP contribution >= 0.6 is 11.8 Å². The molecule has 6 heteroatoms. The molecule has 0 aromatic carbocycles. The van der Waals surface area contributed by atoms with Crippen molar-refractivity contribution in [2.75, 3.05) is 25.2 Å². The summed E-state index contributed by atoms with van der Waals surface area (Å²) >= 11 is 1.25. The molecule has 0 spiro atoms. The molecule has 0 saturated carbocycles. The molecule has 13 heavy (non-hydrogen) atoms. The molecule has 0 aliphatic rings. The summed E-state index contributed by atoms with van der Waals surface area (Å²) < 4.78 is 17.8. The van der Waals surface area contributed by atoms with Crippen molar-refractivity contribution < 1.29 is 9.13 Å². The van der Waals surface area contributed by atoms with Crippen LogP contribution in [0.4, 0.5) is 10.3 Å². The number of nitrogen functional groups attached to an aromatic ring is 1. The molecule has 0 saturated heterocycles. The Hall–Kier alpha value is -0.880. The van der Waals surface area contributed by atoms with Gasteiger partial charge < -0.3 is 10.5 Å². The van der Waals surface area contributed by atoms with Crippen molar-refractivity contribution in [2.45, 2.75) is 5.03 Å². The van der Waals surface area contributed by atoms with E-state index in [4.69, 9.17) is 10.5 Å². The molecular formula is C7H10FN3OS. The summed E-state index contributed by atoms with van der Waals surface area (Å²) in [6, 6.07) is 0. The third-order valence-corrected chi connectivity index (χ3v) is 2.19. The van der Waals surface area contributed by atoms with Crippen molar-refractivity contribution in [1.82, 2.24) is 9.97 Å². The lowest BCUT2D eigenvalue weighted by Crippen LogP contribution is -1.99. The van der Waals surface area contributed by atoms with Crippen LogP contribution in [0, 0.1) is 5.82 Å². The lowest BCUT2D eigenvalue weighted by Gasteiger charge is -2.01. The van der Waals surface area contributed by atoms with E-state index in [1.54, 1.807) is 7.11 Å². The number of halogens is 1. The van der Waals surface area contributed by atoms with Gasteiger partial charge >= 0.3 is 0 Å². The van der Waals surface area contributed by atoms with Crippen LogP contribution in [-0.2, 0) is 4.74 Å². The lowest BCUT2D eigenvalue weighted by molar-refractivity contribution is 0.218. The zero-order chi connectivity index (χ0) is 9.68. The number of aromatic nitrogens is 2. The minimum atomic E-state index is -0.449. The van der Waals surface area contributed by atoms with Gasteiger partial charge in [0.2, 0.25) is 5.95 Å². The first kappa shape index (κ1) is 10.2. The zero-order valence-corrected chi connectivity index (χ0v) is 7.97. The Morgan fingerprint density at radius 3 is 3.15 bits per heavy atom. The smallest absolute Gasteiger partial charge is 0.221 e. The third kappa shape index (κ3) is 3.16. The highest BCUT2D eigenvalue weighted by Crippen LogP contribution is 2.18. The van der Waals surface area contributed by atoms with Gasteiger partial charge in [0, 0.05) is 12.9 Å². The summed E-state index contributed by atoms with van der Waals surface area (Å²) in [6.07, 6.45) is 1.07. The Balaban J connectivity index is 2.59. The Morgan fingerprint density at radius 2 is 2.46 bits per heavy atom. The van der Waals surface area contributed by atoms with Gasteiger partial charge in [-0.05, 0) is 0 Å². The molecule has 1 aromatic heterocycles. The summed E-state index contributed by atoms with van der Waals surface area (Å²) in [7, 11) is 1.59. The Bertz CT molecular complexity index is 284. The summed E-state index contributed by atoms with van der Waals surface area (Å²) in [5, 5.41) is 0.268. The van der Waals surface area contributed by atoms with Crippen LogP contribution < -0.4 is 5.73 Å². The van der Waals surface area contributed by atoms with E-state index in [0.717, 1.165) is 6.20 Å². The predicted molar refractivity (Wildman–Crippen MR) is 49.0 cm³/mol. The van der Waals surface area contributed by atoms with Crippen LogP contribution in [0.5, 0.6) is 0 Å². The SMILES string of the molecule is COCCSc1nc(N)ncc1F. The molecule has 1 heterocycles. The highest BCUT2D eigenvalue weighted by atomic mass is 32.2. The van der Waals surface area contributed by atoms with Crippen LogP contribution in [0.3, 0.4) is 0 Å². The van der Waals surface area contributed by atoms with E-state index < -0.39 is 5.82 Å². The molecule has 0 fully saturated rings. The highest BCUT2D eigenvalue weighted by Gasteiger charge is 2.05. The molecule has 0 atom stereocenters. The second-order valence-corrected chi connectivity index (χ2v) is 3.31. The highest BCUT2D eigenvalue weighted by molar-refractivity contribution is 7.99. The van der Waals surface area contributed by atoms with E-state index in [2.05, 4.69) is 9.97 Å². The van der Waals surface area contributed by atoms with Gasteiger partial charge in [-0.2, -0.15) is 0 Å². The van der Waals surface area contributed by atoms with E-state index in [-0.39, 0.29) is 11.0 Å². The first-order valence-electron chi connectivity index (χ1n) is 3.64. The van der Waals surface area contributed by atoms with Crippen molar-refractivity contribution in [3.63, 3.8) is 0 Å². The second kappa shape index (κ2) is 4.98. The fourth-order valence-electron chi connectivity index (χ4n) is 0.687. The molecule has 4 nitrogen and oxygen atoms in total. The van der Waals surface area contributed by atoms with Crippen molar-refractivity contribution >= 4 is 17.7 Å². The molecule has 0 amide bonds. The van der Waals surface area contributed by atoms with Gasteiger partial charge in [-0.15, -0.1) is 11.8 Å². The lowest BCUT2D eigenvalue weighted by atomic mass is 10.6. The van der Waals surface area contributed by atoms with E-state index in [0.29, 0.717) is 12.4 Å². The normalized spacial score (nSPS) is 10.3. The van der Waals surface area contributed by atoms with E-state index >= 15 is 0 Å². The molecule has 72 valence electrons. The van der Waals surface area contributed by atoms with Gasteiger partial charge in [-0.25, -0.2) is 14.4 Å². The van der Waals surface area contributed by atoms with Gasteiger partial charge in [0.25, 0.3) is 0 Å². The van der Waals surface area contributed by atoms with Crippen LogP contribution in [0.2, 0.25) is 0 Å². The summed E-state index contributed by atoms with van der Waals surface area (Å²) in [6.45, 7) is 0.550. The monoisotopic (exact) mass is 203 g/mol. The number of rotatable bonds is 4. The van der Waals surface area contributed by atoms with Crippen molar-refractivity contribution in [2.24, 2.45) is 0 Å². The van der Waals surface area contributed by atoms with Crippen LogP contribution in [0.15, 0.2) is 11.2 Å². The molecule has 0 radical (unpaired) electrons. The van der Waals surface area contributed by atoms with E-state index in [9.17, 15) is 4.39 Å². The third-order valence-electron chi connectivity index (χ3n) is 1.26. The maximum absolute atomic E-state index is 13.0. The van der Waals surface area contributed by atoms with Gasteiger partial charge in [-0.1, -0.05) is 0 Å². The number of nitrogens with two attached hydrogens (primary N) is 1. The largest absolute Gasteiger partial charge is 0.384 e. The summed E-state index contributed by atoms with van der Waals surface area (Å²) in [4.78, 5) is 7.26. The number of nitrogens with zero attached hydrogens (tertiary/aromatic N) is 2. The minimum Gasteiger partial charge on any atom is -0.384 e. The quantitative estimate of drug-likeness (QED) is 0.448. The van der Waals surface area contributed by atoms with Crippen molar-refractivity contribution in [3.8, 4) is 0 Å². The van der Waals surface area contributed by atoms with Crippen LogP contribution in [0.1, 0.15) is 0 Å². The van der Waals surface area contributed by atoms with E-state index in [1.165, 1.54) is 11.8 Å². The van der Waals surface area contributed by atoms with Gasteiger partial charge in [0.15, 0.2) is 5.82 Å². The van der Waals surface area contributed by atoms with E-state index in [1.807, 2.05) is 0 Å². The molecule has 0 unspecified atom stereocenters. The molecule has 1 aromatic rings.